The first-order valence-electron chi connectivity index (χ1n) is 16.9. The number of likely N-dealkylation sites (N-methyl/N-ethyl adjacent to an activating group) is 1. The second-order valence-electron chi connectivity index (χ2n) is 13.7. The van der Waals surface area contributed by atoms with E-state index in [4.69, 9.17) is 10.5 Å². The number of nitrogen functional groups attached to an aromatic ring is 1. The number of thiophene rings is 1. The summed E-state index contributed by atoms with van der Waals surface area (Å²) in [6, 6.07) is 0.749. The summed E-state index contributed by atoms with van der Waals surface area (Å²) in [5.74, 6) is -0.689. The number of nitrogens with two attached hydrogens (primary N) is 1. The van der Waals surface area contributed by atoms with Gasteiger partial charge in [0.2, 0.25) is 0 Å². The Balaban J connectivity index is 1.17. The molecule has 11 nitrogen and oxygen atoms in total. The van der Waals surface area contributed by atoms with Crippen LogP contribution < -0.4 is 11.1 Å². The van der Waals surface area contributed by atoms with E-state index in [9.17, 15) is 40.7 Å². The van der Waals surface area contributed by atoms with Crippen molar-refractivity contribution in [3.63, 3.8) is 0 Å². The molecular formula is C33H41F6N7O4S. The number of carbonyl (C=O) groups excluding carboxylic acids is 3. The van der Waals surface area contributed by atoms with Crippen LogP contribution in [0.5, 0.6) is 0 Å². The van der Waals surface area contributed by atoms with Crippen LogP contribution in [0.25, 0.3) is 0 Å². The number of rotatable bonds is 6. The van der Waals surface area contributed by atoms with E-state index in [0.717, 1.165) is 37.4 Å². The minimum Gasteiger partial charge on any atom is -0.436 e. The van der Waals surface area contributed by atoms with Crippen molar-refractivity contribution in [1.82, 2.24) is 24.5 Å². The molecule has 4 aliphatic heterocycles. The summed E-state index contributed by atoms with van der Waals surface area (Å²) in [4.78, 5) is 49.3. The molecule has 280 valence electrons. The van der Waals surface area contributed by atoms with Crippen LogP contribution in [-0.2, 0) is 34.8 Å². The predicted octanol–water partition coefficient (Wildman–Crippen LogP) is 5.17. The number of alkyl halides is 6. The highest BCUT2D eigenvalue weighted by atomic mass is 32.1. The van der Waals surface area contributed by atoms with Crippen molar-refractivity contribution < 1.29 is 45.5 Å². The highest BCUT2D eigenvalue weighted by Crippen LogP contribution is 2.42. The molecule has 6 rings (SSSR count). The summed E-state index contributed by atoms with van der Waals surface area (Å²) < 4.78 is 88.8. The van der Waals surface area contributed by atoms with E-state index >= 15 is 0 Å². The Morgan fingerprint density at radius 3 is 2.04 bits per heavy atom. The largest absolute Gasteiger partial charge is 0.436 e. The molecule has 2 aromatic rings. The minimum absolute atomic E-state index is 0.166. The van der Waals surface area contributed by atoms with Gasteiger partial charge in [0.25, 0.3) is 5.91 Å². The molecule has 3 N–H and O–H groups in total. The smallest absolute Gasteiger partial charge is 0.418 e. The third-order valence-electron chi connectivity index (χ3n) is 10.4. The Kier molecular flexibility index (Phi) is 10.7. The maximum Gasteiger partial charge on any atom is 0.418 e. The molecule has 4 aliphatic rings. The van der Waals surface area contributed by atoms with Gasteiger partial charge in [-0.1, -0.05) is 0 Å². The van der Waals surface area contributed by atoms with Crippen LogP contribution in [0.1, 0.15) is 47.9 Å². The standard InChI is InChI=1S/C33H41F6N7O4S/c1-42-10-12-43(13-11-42)22-2-6-44(7-3-22)29(47)27(16-20-14-24(32(34,35)36)28(40)25(15-20)33(37,38)39)50-31(49)45-8-4-23(5-9-45)46-17-21-18-51-19-26(21)41-30(46)48/h14-15,18-19,22-23,27H,2-13,16-17,40H2,1H3,(H,41,48)/t27-/m1/s1. The lowest BCUT2D eigenvalue weighted by molar-refractivity contribution is -0.142. The first-order chi connectivity index (χ1) is 24.1. The van der Waals surface area contributed by atoms with Gasteiger partial charge in [-0.3, -0.25) is 9.69 Å². The summed E-state index contributed by atoms with van der Waals surface area (Å²) in [7, 11) is 2.05. The van der Waals surface area contributed by atoms with E-state index in [1.54, 1.807) is 4.90 Å². The highest BCUT2D eigenvalue weighted by Gasteiger charge is 2.42. The molecule has 18 heteroatoms. The van der Waals surface area contributed by atoms with Crippen molar-refractivity contribution in [1.29, 1.82) is 0 Å². The molecule has 51 heavy (non-hydrogen) atoms. The number of likely N-dealkylation sites (tertiary alicyclic amines) is 2. The Morgan fingerprint density at radius 2 is 1.45 bits per heavy atom. The number of piperidine rings is 2. The zero-order valence-corrected chi connectivity index (χ0v) is 28.9. The zero-order valence-electron chi connectivity index (χ0n) is 28.1. The van der Waals surface area contributed by atoms with Gasteiger partial charge in [0.15, 0.2) is 6.10 Å². The Morgan fingerprint density at radius 1 is 0.882 bits per heavy atom. The number of amides is 4. The summed E-state index contributed by atoms with van der Waals surface area (Å²) >= 11 is 1.48. The average molecular weight is 746 g/mol. The molecular weight excluding hydrogens is 704 g/mol. The third kappa shape index (κ3) is 8.32. The Hall–Kier alpha value is -3.77. The molecule has 5 heterocycles. The first-order valence-corrected chi connectivity index (χ1v) is 17.9. The molecule has 0 bridgehead atoms. The number of hydrogen-bond acceptors (Lipinski definition) is 8. The molecule has 0 aliphatic carbocycles. The van der Waals surface area contributed by atoms with Gasteiger partial charge in [-0.2, -0.15) is 26.3 Å². The van der Waals surface area contributed by atoms with Crippen LogP contribution in [0.2, 0.25) is 0 Å². The number of nitrogens with zero attached hydrogens (tertiary/aromatic N) is 5. The monoisotopic (exact) mass is 745 g/mol. The van der Waals surface area contributed by atoms with Crippen LogP contribution in [0.15, 0.2) is 22.9 Å². The van der Waals surface area contributed by atoms with Gasteiger partial charge in [-0.15, -0.1) is 11.3 Å². The van der Waals surface area contributed by atoms with Crippen molar-refractivity contribution in [2.24, 2.45) is 0 Å². The molecule has 0 spiro atoms. The lowest BCUT2D eigenvalue weighted by atomic mass is 9.97. The maximum absolute atomic E-state index is 13.9. The van der Waals surface area contributed by atoms with Crippen LogP contribution in [-0.4, -0.2) is 120 Å². The number of ether oxygens (including phenoxy) is 1. The second-order valence-corrected chi connectivity index (χ2v) is 14.4. The molecule has 4 amide bonds. The molecule has 1 aromatic carbocycles. The number of carbonyl (C=O) groups is 3. The SMILES string of the molecule is CN1CCN(C2CCN(C(=O)[C@@H](Cc3cc(C(F)(F)F)c(N)c(C(F)(F)F)c3)OC(=O)N3CCC(N4Cc5cscc5NC4=O)CC3)CC2)CC1. The van der Waals surface area contributed by atoms with Crippen molar-refractivity contribution in [3.8, 4) is 0 Å². The average Bonchev–Trinajstić information content (AvgIpc) is 3.54. The van der Waals surface area contributed by atoms with Crippen molar-refractivity contribution in [3.05, 3.63) is 45.1 Å². The minimum atomic E-state index is -5.21. The molecule has 0 radical (unpaired) electrons. The highest BCUT2D eigenvalue weighted by molar-refractivity contribution is 7.08. The molecule has 1 aromatic heterocycles. The predicted molar refractivity (Wildman–Crippen MR) is 177 cm³/mol. The van der Waals surface area contributed by atoms with E-state index in [2.05, 4.69) is 15.1 Å². The lowest BCUT2D eigenvalue weighted by Crippen LogP contribution is -2.54. The summed E-state index contributed by atoms with van der Waals surface area (Å²) in [5, 5.41) is 6.67. The van der Waals surface area contributed by atoms with Crippen molar-refractivity contribution >= 4 is 40.7 Å². The van der Waals surface area contributed by atoms with E-state index < -0.39 is 59.3 Å². The number of halogens is 6. The van der Waals surface area contributed by atoms with Gasteiger partial charge in [0.1, 0.15) is 0 Å². The molecule has 1 atom stereocenters. The normalized spacial score (nSPS) is 21.0. The van der Waals surface area contributed by atoms with Crippen LogP contribution >= 0.6 is 11.3 Å². The number of nitrogens with one attached hydrogen (secondary N) is 1. The van der Waals surface area contributed by atoms with Gasteiger partial charge >= 0.3 is 24.5 Å². The quantitative estimate of drug-likeness (QED) is 0.310. The van der Waals surface area contributed by atoms with E-state index in [1.165, 1.54) is 21.1 Å². The Bertz CT molecular complexity index is 1560. The fraction of sp³-hybridized carbons (Fsp3) is 0.606. The van der Waals surface area contributed by atoms with Gasteiger partial charge in [-0.25, -0.2) is 9.59 Å². The fourth-order valence-corrected chi connectivity index (χ4v) is 8.16. The number of fused-ring (bicyclic) bond motifs is 1. The molecule has 3 fully saturated rings. The fourth-order valence-electron chi connectivity index (χ4n) is 7.38. The van der Waals surface area contributed by atoms with E-state index in [0.29, 0.717) is 57.5 Å². The van der Waals surface area contributed by atoms with Crippen LogP contribution in [0.4, 0.5) is 47.3 Å². The van der Waals surface area contributed by atoms with Crippen molar-refractivity contribution in [2.45, 2.75) is 69.2 Å². The van der Waals surface area contributed by atoms with Gasteiger partial charge < -0.3 is 35.4 Å². The number of urea groups is 1. The molecule has 3 saturated heterocycles. The molecule has 0 saturated carbocycles. The summed E-state index contributed by atoms with van der Waals surface area (Å²) in [5.41, 5.74) is 1.77. The van der Waals surface area contributed by atoms with Gasteiger partial charge in [0.05, 0.1) is 29.0 Å². The third-order valence-corrected chi connectivity index (χ3v) is 11.2. The van der Waals surface area contributed by atoms with Crippen LogP contribution in [0, 0.1) is 0 Å². The second kappa shape index (κ2) is 14.7. The summed E-state index contributed by atoms with van der Waals surface area (Å²) in [6.45, 7) is 4.92. The van der Waals surface area contributed by atoms with Crippen molar-refractivity contribution in [2.75, 3.05) is 70.5 Å². The lowest BCUT2D eigenvalue weighted by Gasteiger charge is -2.42. The van der Waals surface area contributed by atoms with E-state index in [-0.39, 0.29) is 31.2 Å². The van der Waals surface area contributed by atoms with Gasteiger partial charge in [-0.05, 0) is 55.8 Å². The zero-order chi connectivity index (χ0) is 36.7. The topological polar surface area (TPSA) is 115 Å². The number of piperazine rings is 1. The van der Waals surface area contributed by atoms with E-state index in [1.807, 2.05) is 17.8 Å². The summed E-state index contributed by atoms with van der Waals surface area (Å²) in [6.07, 6.45) is -11.7. The number of hydrogen-bond donors (Lipinski definition) is 2. The Labute approximate surface area is 295 Å². The van der Waals surface area contributed by atoms with Crippen LogP contribution in [0.3, 0.4) is 0 Å². The first kappa shape index (κ1) is 37.0. The molecule has 0 unspecified atom stereocenters. The number of anilines is 2. The maximum atomic E-state index is 13.9. The number of benzene rings is 1. The van der Waals surface area contributed by atoms with Gasteiger partial charge in [0, 0.05) is 81.8 Å².